The molecule has 6 heteroatoms. The van der Waals surface area contributed by atoms with E-state index in [1.54, 1.807) is 16.9 Å². The Morgan fingerprint density at radius 3 is 3.07 bits per heavy atom. The first-order valence-corrected chi connectivity index (χ1v) is 4.77. The SMILES string of the molecule is Cl.Cn1nccc1NC(=O)[C@@H]1CCNC1. The number of rotatable bonds is 2. The molecular weight excluding hydrogens is 216 g/mol. The Balaban J connectivity index is 0.00000112. The Hall–Kier alpha value is -1.07. The van der Waals surface area contributed by atoms with Gasteiger partial charge in [0.2, 0.25) is 5.91 Å². The van der Waals surface area contributed by atoms with E-state index in [0.29, 0.717) is 0 Å². The van der Waals surface area contributed by atoms with Gasteiger partial charge in [-0.3, -0.25) is 9.48 Å². The van der Waals surface area contributed by atoms with Crippen molar-refractivity contribution in [3.05, 3.63) is 12.3 Å². The van der Waals surface area contributed by atoms with Gasteiger partial charge in [0.1, 0.15) is 5.82 Å². The Bertz CT molecular complexity index is 333. The highest BCUT2D eigenvalue weighted by Crippen LogP contribution is 2.11. The second-order valence-corrected chi connectivity index (χ2v) is 3.52. The molecule has 1 aromatic rings. The first-order chi connectivity index (χ1) is 6.77. The molecule has 1 aromatic heterocycles. The van der Waals surface area contributed by atoms with E-state index in [1.807, 2.05) is 7.05 Å². The molecule has 5 nitrogen and oxygen atoms in total. The summed E-state index contributed by atoms with van der Waals surface area (Å²) in [6, 6.07) is 1.79. The molecule has 1 aliphatic heterocycles. The summed E-state index contributed by atoms with van der Waals surface area (Å²) in [4.78, 5) is 11.7. The quantitative estimate of drug-likeness (QED) is 0.773. The number of anilines is 1. The highest BCUT2D eigenvalue weighted by atomic mass is 35.5. The molecule has 0 spiro atoms. The standard InChI is InChI=1S/C9H14N4O.ClH/c1-13-8(3-5-11-13)12-9(14)7-2-4-10-6-7;/h3,5,7,10H,2,4,6H2,1H3,(H,12,14);1H/t7-;/m1./s1. The maximum absolute atomic E-state index is 11.7. The molecular formula is C9H15ClN4O. The molecule has 0 saturated carbocycles. The summed E-state index contributed by atoms with van der Waals surface area (Å²) in [6.45, 7) is 1.72. The summed E-state index contributed by atoms with van der Waals surface area (Å²) in [5, 5.41) is 10.0. The molecule has 0 radical (unpaired) electrons. The lowest BCUT2D eigenvalue weighted by Gasteiger charge is -2.09. The van der Waals surface area contributed by atoms with Crippen LogP contribution in [0.2, 0.25) is 0 Å². The van der Waals surface area contributed by atoms with Crippen molar-refractivity contribution in [2.75, 3.05) is 18.4 Å². The van der Waals surface area contributed by atoms with Gasteiger partial charge in [0.05, 0.1) is 12.1 Å². The van der Waals surface area contributed by atoms with Gasteiger partial charge >= 0.3 is 0 Å². The minimum atomic E-state index is 0. The topological polar surface area (TPSA) is 59.0 Å². The average molecular weight is 231 g/mol. The Kier molecular flexibility index (Phi) is 4.11. The Morgan fingerprint density at radius 2 is 2.53 bits per heavy atom. The zero-order chi connectivity index (χ0) is 9.97. The number of hydrogen-bond donors (Lipinski definition) is 2. The summed E-state index contributed by atoms with van der Waals surface area (Å²) in [6.07, 6.45) is 2.59. The minimum absolute atomic E-state index is 0. The molecule has 2 N–H and O–H groups in total. The van der Waals surface area contributed by atoms with Crippen LogP contribution >= 0.6 is 12.4 Å². The van der Waals surface area contributed by atoms with E-state index in [0.717, 1.165) is 25.3 Å². The minimum Gasteiger partial charge on any atom is -0.316 e. The van der Waals surface area contributed by atoms with Gasteiger partial charge in [0, 0.05) is 19.7 Å². The van der Waals surface area contributed by atoms with Crippen molar-refractivity contribution < 1.29 is 4.79 Å². The van der Waals surface area contributed by atoms with E-state index in [1.165, 1.54) is 0 Å². The fraction of sp³-hybridized carbons (Fsp3) is 0.556. The number of aryl methyl sites for hydroxylation is 1. The predicted molar refractivity (Wildman–Crippen MR) is 60.1 cm³/mol. The molecule has 0 aromatic carbocycles. The maximum Gasteiger partial charge on any atom is 0.229 e. The van der Waals surface area contributed by atoms with Crippen LogP contribution in [0, 0.1) is 5.92 Å². The number of nitrogens with one attached hydrogen (secondary N) is 2. The third-order valence-corrected chi connectivity index (χ3v) is 2.50. The van der Waals surface area contributed by atoms with Crippen molar-refractivity contribution in [3.63, 3.8) is 0 Å². The molecule has 1 amide bonds. The normalized spacial score (nSPS) is 19.7. The molecule has 0 aliphatic carbocycles. The first kappa shape index (κ1) is 12.0. The van der Waals surface area contributed by atoms with Crippen LogP contribution in [0.4, 0.5) is 5.82 Å². The highest BCUT2D eigenvalue weighted by Gasteiger charge is 2.22. The van der Waals surface area contributed by atoms with E-state index in [-0.39, 0.29) is 24.2 Å². The van der Waals surface area contributed by atoms with Gasteiger partial charge in [-0.2, -0.15) is 5.10 Å². The van der Waals surface area contributed by atoms with Crippen LogP contribution in [0.5, 0.6) is 0 Å². The van der Waals surface area contributed by atoms with Crippen LogP contribution in [-0.2, 0) is 11.8 Å². The zero-order valence-electron chi connectivity index (χ0n) is 8.56. The summed E-state index contributed by atoms with van der Waals surface area (Å²) < 4.78 is 1.65. The maximum atomic E-state index is 11.7. The highest BCUT2D eigenvalue weighted by molar-refractivity contribution is 5.92. The lowest BCUT2D eigenvalue weighted by Crippen LogP contribution is -2.25. The van der Waals surface area contributed by atoms with Gasteiger partial charge in [-0.15, -0.1) is 12.4 Å². The molecule has 0 bridgehead atoms. The number of carbonyl (C=O) groups is 1. The van der Waals surface area contributed by atoms with Crippen LogP contribution < -0.4 is 10.6 Å². The molecule has 2 heterocycles. The molecule has 1 atom stereocenters. The largest absolute Gasteiger partial charge is 0.316 e. The van der Waals surface area contributed by atoms with Gasteiger partial charge < -0.3 is 10.6 Å². The van der Waals surface area contributed by atoms with Crippen LogP contribution in [0.25, 0.3) is 0 Å². The van der Waals surface area contributed by atoms with E-state index >= 15 is 0 Å². The summed E-state index contributed by atoms with van der Waals surface area (Å²) in [5.74, 6) is 0.936. The Morgan fingerprint density at radius 1 is 1.73 bits per heavy atom. The summed E-state index contributed by atoms with van der Waals surface area (Å²) in [5.41, 5.74) is 0. The van der Waals surface area contributed by atoms with Crippen molar-refractivity contribution in [3.8, 4) is 0 Å². The average Bonchev–Trinajstić information content (AvgIpc) is 2.77. The number of carbonyl (C=O) groups excluding carboxylic acids is 1. The lowest BCUT2D eigenvalue weighted by atomic mass is 10.1. The molecule has 15 heavy (non-hydrogen) atoms. The third-order valence-electron chi connectivity index (χ3n) is 2.50. The van der Waals surface area contributed by atoms with Crippen molar-refractivity contribution in [1.82, 2.24) is 15.1 Å². The van der Waals surface area contributed by atoms with Gasteiger partial charge in [-0.1, -0.05) is 0 Å². The van der Waals surface area contributed by atoms with E-state index < -0.39 is 0 Å². The number of halogens is 1. The van der Waals surface area contributed by atoms with Crippen molar-refractivity contribution in [2.24, 2.45) is 13.0 Å². The van der Waals surface area contributed by atoms with Crippen molar-refractivity contribution in [2.45, 2.75) is 6.42 Å². The van der Waals surface area contributed by atoms with E-state index in [9.17, 15) is 4.79 Å². The zero-order valence-corrected chi connectivity index (χ0v) is 9.38. The summed E-state index contributed by atoms with van der Waals surface area (Å²) in [7, 11) is 1.81. The molecule has 2 rings (SSSR count). The number of hydrogen-bond acceptors (Lipinski definition) is 3. The first-order valence-electron chi connectivity index (χ1n) is 4.77. The fourth-order valence-corrected chi connectivity index (χ4v) is 1.60. The van der Waals surface area contributed by atoms with Crippen LogP contribution in [-0.4, -0.2) is 28.8 Å². The molecule has 84 valence electrons. The predicted octanol–water partition coefficient (Wildman–Crippen LogP) is 0.390. The van der Waals surface area contributed by atoms with Crippen LogP contribution in [0.1, 0.15) is 6.42 Å². The van der Waals surface area contributed by atoms with Gasteiger partial charge in [0.15, 0.2) is 0 Å². The molecule has 1 aliphatic rings. The van der Waals surface area contributed by atoms with Gasteiger partial charge in [-0.25, -0.2) is 0 Å². The van der Waals surface area contributed by atoms with Gasteiger partial charge in [0.25, 0.3) is 0 Å². The van der Waals surface area contributed by atoms with Gasteiger partial charge in [-0.05, 0) is 13.0 Å². The second-order valence-electron chi connectivity index (χ2n) is 3.52. The monoisotopic (exact) mass is 230 g/mol. The van der Waals surface area contributed by atoms with Crippen molar-refractivity contribution >= 4 is 24.1 Å². The summed E-state index contributed by atoms with van der Waals surface area (Å²) >= 11 is 0. The van der Waals surface area contributed by atoms with Crippen molar-refractivity contribution in [1.29, 1.82) is 0 Å². The van der Waals surface area contributed by atoms with E-state index in [4.69, 9.17) is 0 Å². The number of nitrogens with zero attached hydrogens (tertiary/aromatic N) is 2. The third kappa shape index (κ3) is 2.70. The van der Waals surface area contributed by atoms with Crippen LogP contribution in [0.3, 0.4) is 0 Å². The second kappa shape index (κ2) is 5.14. The molecule has 1 fully saturated rings. The molecule has 1 saturated heterocycles. The van der Waals surface area contributed by atoms with E-state index in [2.05, 4.69) is 15.7 Å². The Labute approximate surface area is 94.6 Å². The number of aromatic nitrogens is 2. The lowest BCUT2D eigenvalue weighted by molar-refractivity contribution is -0.119. The van der Waals surface area contributed by atoms with Crippen LogP contribution in [0.15, 0.2) is 12.3 Å². The molecule has 0 unspecified atom stereocenters. The number of amides is 1. The smallest absolute Gasteiger partial charge is 0.229 e. The fourth-order valence-electron chi connectivity index (χ4n) is 1.60.